The largest absolute Gasteiger partial charge is 0.480 e. The van der Waals surface area contributed by atoms with E-state index in [4.69, 9.17) is 11.5 Å². The number of urea groups is 1. The fraction of sp³-hybridized carbons (Fsp3) is 0.667. The average molecular weight is 302 g/mol. The molecule has 1 rings (SSSR count). The smallest absolute Gasteiger partial charge is 0.323 e. The quantitative estimate of drug-likeness (QED) is 0.517. The fourth-order valence-corrected chi connectivity index (χ4v) is 3.75. The van der Waals surface area contributed by atoms with Crippen LogP contribution in [0, 0.1) is 12.3 Å². The van der Waals surface area contributed by atoms with Crippen LogP contribution in [0.25, 0.3) is 0 Å². The summed E-state index contributed by atoms with van der Waals surface area (Å²) in [6.45, 7) is -0.181. The van der Waals surface area contributed by atoms with Crippen LogP contribution in [-0.4, -0.2) is 61.1 Å². The van der Waals surface area contributed by atoms with Gasteiger partial charge in [-0.25, -0.2) is 13.2 Å². The monoisotopic (exact) mass is 302 g/mol. The van der Waals surface area contributed by atoms with Crippen molar-refractivity contribution in [3.05, 3.63) is 0 Å². The average Bonchev–Trinajstić information content (AvgIpc) is 2.71. The molecule has 0 bridgehead atoms. The van der Waals surface area contributed by atoms with Gasteiger partial charge >= 0.3 is 12.0 Å². The predicted octanol–water partition coefficient (Wildman–Crippen LogP) is -0.317. The van der Waals surface area contributed by atoms with Crippen LogP contribution in [0.15, 0.2) is 0 Å². The zero-order valence-electron chi connectivity index (χ0n) is 11.0. The van der Waals surface area contributed by atoms with Crippen molar-refractivity contribution < 1.29 is 23.1 Å². The molecule has 1 aliphatic rings. The number of rotatable bonds is 6. The van der Waals surface area contributed by atoms with Gasteiger partial charge in [0, 0.05) is 19.0 Å². The molecule has 0 spiro atoms. The normalized spacial score (nSPS) is 20.1. The van der Waals surface area contributed by atoms with E-state index in [9.17, 15) is 18.0 Å². The van der Waals surface area contributed by atoms with Gasteiger partial charge in [-0.1, -0.05) is 0 Å². The molecule has 1 saturated heterocycles. The molecule has 0 radical (unpaired) electrons. The third kappa shape index (κ3) is 5.09. The molecule has 1 unspecified atom stereocenters. The van der Waals surface area contributed by atoms with Gasteiger partial charge in [-0.2, -0.15) is 0 Å². The summed E-state index contributed by atoms with van der Waals surface area (Å²) in [4.78, 5) is 23.8. The lowest BCUT2D eigenvalue weighted by Crippen LogP contribution is -2.49. The minimum atomic E-state index is -3.18. The highest BCUT2D eigenvalue weighted by Crippen LogP contribution is 2.17. The molecule has 0 saturated carbocycles. The van der Waals surface area contributed by atoms with Crippen LogP contribution < -0.4 is 5.32 Å². The molecule has 0 aromatic rings. The van der Waals surface area contributed by atoms with Crippen LogP contribution in [0.3, 0.4) is 0 Å². The number of hydrogen-bond acceptors (Lipinski definition) is 4. The first-order valence-corrected chi connectivity index (χ1v) is 8.08. The maximum absolute atomic E-state index is 11.9. The van der Waals surface area contributed by atoms with E-state index in [1.54, 1.807) is 0 Å². The lowest BCUT2D eigenvalue weighted by Gasteiger charge is -2.26. The maximum atomic E-state index is 11.9. The van der Waals surface area contributed by atoms with Crippen LogP contribution in [0.2, 0.25) is 0 Å². The molecular formula is C12H18N2O5S. The summed E-state index contributed by atoms with van der Waals surface area (Å²) in [5, 5.41) is 11.4. The lowest BCUT2D eigenvalue weighted by molar-refractivity contribution is -0.138. The van der Waals surface area contributed by atoms with E-state index in [-0.39, 0.29) is 17.9 Å². The summed E-state index contributed by atoms with van der Waals surface area (Å²) >= 11 is 0. The van der Waals surface area contributed by atoms with Gasteiger partial charge < -0.3 is 15.3 Å². The fourth-order valence-electron chi connectivity index (χ4n) is 2.02. The molecule has 7 nitrogen and oxygen atoms in total. The molecule has 20 heavy (non-hydrogen) atoms. The SMILES string of the molecule is C#CCCCNC(=O)N(CC(=O)O)C1CCS(=O)(=O)C1. The Morgan fingerprint density at radius 1 is 1.45 bits per heavy atom. The number of hydrogen-bond donors (Lipinski definition) is 2. The first-order chi connectivity index (χ1) is 9.35. The number of terminal acetylenes is 1. The number of carboxylic acids is 1. The minimum Gasteiger partial charge on any atom is -0.480 e. The summed E-state index contributed by atoms with van der Waals surface area (Å²) in [5.74, 6) is 1.06. The highest BCUT2D eigenvalue weighted by atomic mass is 32.2. The van der Waals surface area contributed by atoms with Crippen molar-refractivity contribution in [2.45, 2.75) is 25.3 Å². The molecule has 112 valence electrons. The molecule has 0 aromatic heterocycles. The van der Waals surface area contributed by atoms with Crippen molar-refractivity contribution in [1.29, 1.82) is 0 Å². The summed E-state index contributed by atoms with van der Waals surface area (Å²) in [5.41, 5.74) is 0. The molecule has 0 aromatic carbocycles. The first-order valence-electron chi connectivity index (χ1n) is 6.26. The number of carboxylic acid groups (broad SMARTS) is 1. The van der Waals surface area contributed by atoms with Crippen LogP contribution in [0.5, 0.6) is 0 Å². The molecule has 2 amide bonds. The Morgan fingerprint density at radius 2 is 2.15 bits per heavy atom. The number of carbonyl (C=O) groups excluding carboxylic acids is 1. The van der Waals surface area contributed by atoms with Gasteiger partial charge in [-0.15, -0.1) is 12.3 Å². The standard InChI is InChI=1S/C12H18N2O5S/c1-2-3-4-6-13-12(17)14(8-11(15)16)10-5-7-20(18,19)9-10/h1,10H,3-9H2,(H,13,17)(H,15,16). The molecule has 1 fully saturated rings. The number of aliphatic carboxylic acids is 1. The van der Waals surface area contributed by atoms with Gasteiger partial charge in [0.1, 0.15) is 6.54 Å². The summed E-state index contributed by atoms with van der Waals surface area (Å²) < 4.78 is 22.9. The second-order valence-electron chi connectivity index (χ2n) is 4.62. The Labute approximate surface area is 118 Å². The number of unbranched alkanes of at least 4 members (excludes halogenated alkanes) is 1. The number of nitrogens with zero attached hydrogens (tertiary/aromatic N) is 1. The number of nitrogens with one attached hydrogen (secondary N) is 1. The summed E-state index contributed by atoms with van der Waals surface area (Å²) in [7, 11) is -3.18. The molecule has 1 aliphatic heterocycles. The van der Waals surface area contributed by atoms with E-state index in [0.717, 1.165) is 4.90 Å². The first kappa shape index (κ1) is 16.3. The van der Waals surface area contributed by atoms with Gasteiger partial charge in [0.2, 0.25) is 0 Å². The van der Waals surface area contributed by atoms with Crippen LogP contribution >= 0.6 is 0 Å². The van der Waals surface area contributed by atoms with Gasteiger partial charge in [-0.3, -0.25) is 4.79 Å². The van der Waals surface area contributed by atoms with Crippen molar-refractivity contribution in [3.8, 4) is 12.3 Å². The lowest BCUT2D eigenvalue weighted by atomic mass is 10.2. The van der Waals surface area contributed by atoms with Crippen LogP contribution in [-0.2, 0) is 14.6 Å². The Balaban J connectivity index is 2.62. The Hall–Kier alpha value is -1.75. The van der Waals surface area contributed by atoms with E-state index >= 15 is 0 Å². The zero-order valence-corrected chi connectivity index (χ0v) is 11.9. The van der Waals surface area contributed by atoms with Gasteiger partial charge in [-0.05, 0) is 12.8 Å². The van der Waals surface area contributed by atoms with Crippen molar-refractivity contribution in [2.24, 2.45) is 0 Å². The van der Waals surface area contributed by atoms with Crippen molar-refractivity contribution in [3.63, 3.8) is 0 Å². The van der Waals surface area contributed by atoms with Gasteiger partial charge in [0.15, 0.2) is 9.84 Å². The molecule has 2 N–H and O–H groups in total. The predicted molar refractivity (Wildman–Crippen MR) is 72.9 cm³/mol. The Bertz CT molecular complexity index is 508. The van der Waals surface area contributed by atoms with Gasteiger partial charge in [0.25, 0.3) is 0 Å². The third-order valence-electron chi connectivity index (χ3n) is 2.99. The summed E-state index contributed by atoms with van der Waals surface area (Å²) in [6, 6.07) is -1.14. The van der Waals surface area contributed by atoms with Crippen molar-refractivity contribution >= 4 is 21.8 Å². The molecule has 1 heterocycles. The number of amides is 2. The van der Waals surface area contributed by atoms with E-state index in [1.165, 1.54) is 0 Å². The topological polar surface area (TPSA) is 104 Å². The second-order valence-corrected chi connectivity index (χ2v) is 6.85. The molecule has 8 heteroatoms. The number of carbonyl (C=O) groups is 2. The Kier molecular flexibility index (Phi) is 5.82. The van der Waals surface area contributed by atoms with Crippen molar-refractivity contribution in [1.82, 2.24) is 10.2 Å². The highest BCUT2D eigenvalue weighted by Gasteiger charge is 2.35. The van der Waals surface area contributed by atoms with Gasteiger partial charge in [0.05, 0.1) is 11.5 Å². The number of sulfone groups is 1. The van der Waals surface area contributed by atoms with E-state index in [1.807, 2.05) is 0 Å². The highest BCUT2D eigenvalue weighted by molar-refractivity contribution is 7.91. The maximum Gasteiger partial charge on any atom is 0.323 e. The van der Waals surface area contributed by atoms with Crippen LogP contribution in [0.1, 0.15) is 19.3 Å². The molecule has 0 aliphatic carbocycles. The van der Waals surface area contributed by atoms with E-state index in [0.29, 0.717) is 19.4 Å². The van der Waals surface area contributed by atoms with E-state index < -0.39 is 34.4 Å². The Morgan fingerprint density at radius 3 is 2.65 bits per heavy atom. The second kappa shape index (κ2) is 7.14. The molecular weight excluding hydrogens is 284 g/mol. The minimum absolute atomic E-state index is 0.0157. The van der Waals surface area contributed by atoms with Crippen molar-refractivity contribution in [2.75, 3.05) is 24.6 Å². The zero-order chi connectivity index (χ0) is 15.2. The van der Waals surface area contributed by atoms with E-state index in [2.05, 4.69) is 11.2 Å². The third-order valence-corrected chi connectivity index (χ3v) is 4.74. The summed E-state index contributed by atoms with van der Waals surface area (Å²) in [6.07, 6.45) is 6.45. The molecule has 1 atom stereocenters. The van der Waals surface area contributed by atoms with Crippen LogP contribution in [0.4, 0.5) is 4.79 Å².